The summed E-state index contributed by atoms with van der Waals surface area (Å²) in [5, 5.41) is 4.89. The second kappa shape index (κ2) is 14.4. The molecule has 1 aliphatic heterocycles. The van der Waals surface area contributed by atoms with E-state index in [-0.39, 0.29) is 12.1 Å². The van der Waals surface area contributed by atoms with Gasteiger partial charge in [0.1, 0.15) is 12.4 Å². The molecule has 4 nitrogen and oxygen atoms in total. The highest BCUT2D eigenvalue weighted by atomic mass is 16.5. The first kappa shape index (κ1) is 27.3. The Hall–Kier alpha value is -3.24. The van der Waals surface area contributed by atoms with Crippen LogP contribution < -0.4 is 5.32 Å². The molecule has 0 saturated carbocycles. The van der Waals surface area contributed by atoms with Gasteiger partial charge in [-0.1, -0.05) is 69.3 Å². The van der Waals surface area contributed by atoms with Crippen LogP contribution in [0, 0.1) is 5.92 Å². The molecule has 36 heavy (non-hydrogen) atoms. The Morgan fingerprint density at radius 2 is 1.86 bits per heavy atom. The minimum Gasteiger partial charge on any atom is -0.488 e. The first-order valence-corrected chi connectivity index (χ1v) is 13.3. The second-order valence-corrected chi connectivity index (χ2v) is 8.71. The molecule has 0 spiro atoms. The average molecular weight is 484 g/mol. The number of aliphatic imine (C=N–C) groups is 1. The molecule has 0 amide bonds. The van der Waals surface area contributed by atoms with E-state index in [1.165, 1.54) is 11.1 Å². The molecule has 0 bridgehead atoms. The number of fused-ring (bicyclic) bond motifs is 1. The number of dihydropyridines is 1. The zero-order valence-electron chi connectivity index (χ0n) is 22.4. The highest BCUT2D eigenvalue weighted by Crippen LogP contribution is 2.27. The van der Waals surface area contributed by atoms with E-state index in [0.29, 0.717) is 12.5 Å². The van der Waals surface area contributed by atoms with Gasteiger partial charge in [0.15, 0.2) is 0 Å². The molecule has 3 unspecified atom stereocenters. The summed E-state index contributed by atoms with van der Waals surface area (Å²) < 4.78 is 6.06. The van der Waals surface area contributed by atoms with E-state index in [2.05, 4.69) is 74.7 Å². The van der Waals surface area contributed by atoms with Crippen molar-refractivity contribution in [3.63, 3.8) is 0 Å². The molecule has 2 aliphatic rings. The van der Waals surface area contributed by atoms with Crippen molar-refractivity contribution < 1.29 is 4.74 Å². The summed E-state index contributed by atoms with van der Waals surface area (Å²) in [6, 6.07) is 12.7. The van der Waals surface area contributed by atoms with Crippen molar-refractivity contribution in [3.8, 4) is 0 Å². The Morgan fingerprint density at radius 1 is 1.06 bits per heavy atom. The lowest BCUT2D eigenvalue weighted by Gasteiger charge is -2.31. The molecule has 2 aromatic rings. The number of hydrogen-bond acceptors (Lipinski definition) is 4. The minimum absolute atomic E-state index is 0.176. The predicted octanol–water partition coefficient (Wildman–Crippen LogP) is 7.51. The maximum atomic E-state index is 6.06. The fraction of sp³-hybridized carbons (Fsp3) is 0.375. The van der Waals surface area contributed by atoms with E-state index in [1.807, 2.05) is 50.4 Å². The van der Waals surface area contributed by atoms with E-state index in [0.717, 1.165) is 41.7 Å². The molecule has 2 heterocycles. The second-order valence-electron chi connectivity index (χ2n) is 8.71. The largest absolute Gasteiger partial charge is 0.488 e. The van der Waals surface area contributed by atoms with E-state index in [4.69, 9.17) is 14.7 Å². The van der Waals surface area contributed by atoms with Gasteiger partial charge in [-0.15, -0.1) is 0 Å². The van der Waals surface area contributed by atoms with Crippen LogP contribution in [0.3, 0.4) is 0 Å². The lowest BCUT2D eigenvalue weighted by atomic mass is 9.86. The summed E-state index contributed by atoms with van der Waals surface area (Å²) in [6.45, 7) is 11.8. The predicted molar refractivity (Wildman–Crippen MR) is 154 cm³/mol. The third-order valence-corrected chi connectivity index (χ3v) is 6.63. The van der Waals surface area contributed by atoms with Crippen LogP contribution >= 0.6 is 0 Å². The highest BCUT2D eigenvalue weighted by Gasteiger charge is 2.28. The average Bonchev–Trinajstić information content (AvgIpc) is 2.95. The van der Waals surface area contributed by atoms with Gasteiger partial charge in [0.25, 0.3) is 0 Å². The van der Waals surface area contributed by atoms with Crippen molar-refractivity contribution in [1.29, 1.82) is 0 Å². The van der Waals surface area contributed by atoms with Crippen molar-refractivity contribution in [2.24, 2.45) is 10.9 Å². The zero-order valence-corrected chi connectivity index (χ0v) is 22.4. The SMILES string of the molecule is C/C=C(CC)\C(=C/C)CNC1C=CC=NC1C1C=CC(OCc2ccc3ccccc3n2)=CC1.CC. The van der Waals surface area contributed by atoms with Crippen molar-refractivity contribution in [1.82, 2.24) is 10.3 Å². The van der Waals surface area contributed by atoms with Crippen LogP contribution in [0.4, 0.5) is 0 Å². The van der Waals surface area contributed by atoms with Crippen molar-refractivity contribution in [2.75, 3.05) is 6.54 Å². The third kappa shape index (κ3) is 7.14. The molecule has 1 aliphatic carbocycles. The summed E-state index contributed by atoms with van der Waals surface area (Å²) in [5.41, 5.74) is 4.70. The normalized spacial score (nSPS) is 21.7. The van der Waals surface area contributed by atoms with Crippen molar-refractivity contribution >= 4 is 17.1 Å². The topological polar surface area (TPSA) is 46.5 Å². The standard InChI is InChI=1S/C30H35N3O.C2H6/c1-4-22(5-2)23(6-3)20-32-29-12-9-19-31-30(29)25-14-17-27(18-15-25)34-21-26-16-13-24-10-7-8-11-28(24)33-26;1-2/h4,6-14,16-19,25,29-30,32H,5,15,20-21H2,1-3H3;1-2H3/b22-4-,23-6-;. The molecule has 1 aromatic heterocycles. The Labute approximate surface area is 217 Å². The molecule has 1 N–H and O–H groups in total. The summed E-state index contributed by atoms with van der Waals surface area (Å²) in [7, 11) is 0. The maximum absolute atomic E-state index is 6.06. The van der Waals surface area contributed by atoms with Crippen LogP contribution in [0.5, 0.6) is 0 Å². The Kier molecular flexibility index (Phi) is 10.9. The molecule has 3 atom stereocenters. The number of ether oxygens (including phenoxy) is 1. The van der Waals surface area contributed by atoms with Gasteiger partial charge < -0.3 is 10.1 Å². The Bertz CT molecular complexity index is 1170. The van der Waals surface area contributed by atoms with E-state index in [1.54, 1.807) is 0 Å². The molecule has 0 fully saturated rings. The first-order valence-electron chi connectivity index (χ1n) is 13.3. The molecule has 4 rings (SSSR count). The summed E-state index contributed by atoms with van der Waals surface area (Å²) in [5.74, 6) is 1.24. The van der Waals surface area contributed by atoms with Gasteiger partial charge in [-0.05, 0) is 68.2 Å². The van der Waals surface area contributed by atoms with Crippen LogP contribution in [0.2, 0.25) is 0 Å². The number of nitrogens with zero attached hydrogens (tertiary/aromatic N) is 2. The van der Waals surface area contributed by atoms with Crippen LogP contribution in [0.1, 0.15) is 53.2 Å². The maximum Gasteiger partial charge on any atom is 0.130 e. The van der Waals surface area contributed by atoms with Crippen molar-refractivity contribution in [3.05, 3.63) is 102 Å². The first-order chi connectivity index (χ1) is 17.7. The van der Waals surface area contributed by atoms with E-state index < -0.39 is 0 Å². The van der Waals surface area contributed by atoms with Gasteiger partial charge >= 0.3 is 0 Å². The molecule has 190 valence electrons. The van der Waals surface area contributed by atoms with Gasteiger partial charge in [0.2, 0.25) is 0 Å². The molecular formula is C32H41N3O. The number of hydrogen-bond donors (Lipinski definition) is 1. The Morgan fingerprint density at radius 3 is 2.58 bits per heavy atom. The zero-order chi connectivity index (χ0) is 25.8. The number of allylic oxidation sites excluding steroid dienone is 5. The van der Waals surface area contributed by atoms with Gasteiger partial charge in [-0.3, -0.25) is 4.99 Å². The summed E-state index contributed by atoms with van der Waals surface area (Å²) >= 11 is 0. The highest BCUT2D eigenvalue weighted by molar-refractivity contribution is 5.78. The number of para-hydroxylation sites is 1. The fourth-order valence-electron chi connectivity index (χ4n) is 4.66. The van der Waals surface area contributed by atoms with Crippen LogP contribution in [-0.2, 0) is 11.3 Å². The number of nitrogens with one attached hydrogen (secondary N) is 1. The van der Waals surface area contributed by atoms with Crippen molar-refractivity contribution in [2.45, 2.75) is 66.2 Å². The summed E-state index contributed by atoms with van der Waals surface area (Å²) in [4.78, 5) is 9.54. The smallest absolute Gasteiger partial charge is 0.130 e. The lowest BCUT2D eigenvalue weighted by molar-refractivity contribution is 0.203. The van der Waals surface area contributed by atoms with Gasteiger partial charge in [0.05, 0.1) is 17.3 Å². The summed E-state index contributed by atoms with van der Waals surface area (Å²) in [6.07, 6.45) is 19.1. The van der Waals surface area contributed by atoms with Gasteiger partial charge in [-0.2, -0.15) is 0 Å². The molecule has 4 heteroatoms. The molecule has 0 saturated heterocycles. The van der Waals surface area contributed by atoms with Crippen LogP contribution in [-0.4, -0.2) is 29.8 Å². The molecule has 0 radical (unpaired) electrons. The fourth-order valence-corrected chi connectivity index (χ4v) is 4.66. The minimum atomic E-state index is 0.176. The monoisotopic (exact) mass is 483 g/mol. The third-order valence-electron chi connectivity index (χ3n) is 6.63. The van der Waals surface area contributed by atoms with E-state index >= 15 is 0 Å². The number of pyridine rings is 1. The van der Waals surface area contributed by atoms with Crippen LogP contribution in [0.25, 0.3) is 10.9 Å². The number of rotatable bonds is 9. The van der Waals surface area contributed by atoms with Crippen LogP contribution in [0.15, 0.2) is 101 Å². The number of benzene rings is 1. The molecule has 1 aromatic carbocycles. The number of aromatic nitrogens is 1. The van der Waals surface area contributed by atoms with Gasteiger partial charge in [0, 0.05) is 30.1 Å². The van der Waals surface area contributed by atoms with E-state index in [9.17, 15) is 0 Å². The lowest BCUT2D eigenvalue weighted by Crippen LogP contribution is -2.43. The Balaban J connectivity index is 0.00000176. The quantitative estimate of drug-likeness (QED) is 0.375. The molecular weight excluding hydrogens is 442 g/mol. The van der Waals surface area contributed by atoms with Gasteiger partial charge in [-0.25, -0.2) is 4.98 Å².